The number of pyridine rings is 1. The van der Waals surface area contributed by atoms with Gasteiger partial charge in [-0.05, 0) is 57.4 Å². The predicted molar refractivity (Wildman–Crippen MR) is 74.8 cm³/mol. The van der Waals surface area contributed by atoms with Crippen molar-refractivity contribution in [3.05, 3.63) is 24.0 Å². The van der Waals surface area contributed by atoms with Crippen LogP contribution in [0.15, 0.2) is 18.3 Å². The highest BCUT2D eigenvalue weighted by Crippen LogP contribution is 2.25. The minimum Gasteiger partial charge on any atom is -0.490 e. The van der Waals surface area contributed by atoms with Gasteiger partial charge in [0.25, 0.3) is 0 Å². The van der Waals surface area contributed by atoms with E-state index in [4.69, 9.17) is 9.47 Å². The van der Waals surface area contributed by atoms with Gasteiger partial charge in [0.2, 0.25) is 0 Å². The monoisotopic (exact) mass is 275 g/mol. The summed E-state index contributed by atoms with van der Waals surface area (Å²) >= 11 is 0. The summed E-state index contributed by atoms with van der Waals surface area (Å²) in [5.74, 6) is 0.402. The van der Waals surface area contributed by atoms with Crippen molar-refractivity contribution >= 4 is 5.97 Å². The number of rotatable bonds is 4. The highest BCUT2D eigenvalue weighted by molar-refractivity contribution is 5.87. The number of aromatic nitrogens is 1. The van der Waals surface area contributed by atoms with E-state index in [2.05, 4.69) is 4.98 Å². The van der Waals surface area contributed by atoms with E-state index in [1.807, 2.05) is 6.07 Å². The first-order chi connectivity index (χ1) is 9.81. The van der Waals surface area contributed by atoms with Gasteiger partial charge < -0.3 is 9.47 Å². The summed E-state index contributed by atoms with van der Waals surface area (Å²) in [6.45, 7) is 0. The third-order valence-electron chi connectivity index (χ3n) is 4.12. The van der Waals surface area contributed by atoms with Crippen molar-refractivity contribution in [1.29, 1.82) is 0 Å². The quantitative estimate of drug-likeness (QED) is 0.789. The molecule has 0 spiro atoms. The van der Waals surface area contributed by atoms with Gasteiger partial charge in [-0.25, -0.2) is 9.78 Å². The van der Waals surface area contributed by atoms with Gasteiger partial charge in [-0.1, -0.05) is 0 Å². The van der Waals surface area contributed by atoms with Crippen molar-refractivity contribution in [2.75, 3.05) is 0 Å². The summed E-state index contributed by atoms with van der Waals surface area (Å²) in [4.78, 5) is 16.2. The van der Waals surface area contributed by atoms with E-state index >= 15 is 0 Å². The maximum absolute atomic E-state index is 12.0. The SMILES string of the molecule is O=C(OC1CCCC1)c1cc(OC2CCCC2)ccn1. The van der Waals surface area contributed by atoms with E-state index in [-0.39, 0.29) is 18.2 Å². The van der Waals surface area contributed by atoms with Crippen LogP contribution in [-0.4, -0.2) is 23.2 Å². The maximum Gasteiger partial charge on any atom is 0.357 e. The molecule has 0 aliphatic heterocycles. The zero-order chi connectivity index (χ0) is 13.8. The first-order valence-electron chi connectivity index (χ1n) is 7.65. The van der Waals surface area contributed by atoms with E-state index in [1.54, 1.807) is 12.3 Å². The number of hydrogen-bond donors (Lipinski definition) is 0. The number of carbonyl (C=O) groups excluding carboxylic acids is 1. The van der Waals surface area contributed by atoms with Crippen LogP contribution in [0.4, 0.5) is 0 Å². The van der Waals surface area contributed by atoms with Crippen molar-refractivity contribution in [2.24, 2.45) is 0 Å². The van der Waals surface area contributed by atoms with Gasteiger partial charge in [0.15, 0.2) is 5.69 Å². The van der Waals surface area contributed by atoms with E-state index in [0.717, 1.165) is 44.3 Å². The van der Waals surface area contributed by atoms with Crippen molar-refractivity contribution in [3.8, 4) is 5.75 Å². The molecule has 0 radical (unpaired) electrons. The van der Waals surface area contributed by atoms with E-state index in [0.29, 0.717) is 5.69 Å². The molecular weight excluding hydrogens is 254 g/mol. The van der Waals surface area contributed by atoms with E-state index in [9.17, 15) is 4.79 Å². The van der Waals surface area contributed by atoms with Gasteiger partial charge in [-0.2, -0.15) is 0 Å². The van der Waals surface area contributed by atoms with E-state index < -0.39 is 0 Å². The summed E-state index contributed by atoms with van der Waals surface area (Å²) in [5, 5.41) is 0. The number of carbonyl (C=O) groups is 1. The number of ether oxygens (including phenoxy) is 2. The molecule has 3 rings (SSSR count). The number of hydrogen-bond acceptors (Lipinski definition) is 4. The molecule has 0 bridgehead atoms. The molecule has 2 aliphatic rings. The topological polar surface area (TPSA) is 48.4 Å². The second-order valence-corrected chi connectivity index (χ2v) is 5.71. The molecule has 1 aromatic rings. The second kappa shape index (κ2) is 6.25. The third-order valence-corrected chi connectivity index (χ3v) is 4.12. The van der Waals surface area contributed by atoms with Gasteiger partial charge in [-0.15, -0.1) is 0 Å². The molecule has 108 valence electrons. The molecule has 4 heteroatoms. The van der Waals surface area contributed by atoms with Gasteiger partial charge in [0.1, 0.15) is 11.9 Å². The fraction of sp³-hybridized carbons (Fsp3) is 0.625. The molecule has 0 unspecified atom stereocenters. The molecule has 20 heavy (non-hydrogen) atoms. The molecule has 1 aromatic heterocycles. The molecule has 0 N–H and O–H groups in total. The lowest BCUT2D eigenvalue weighted by Crippen LogP contribution is -2.16. The van der Waals surface area contributed by atoms with Crippen molar-refractivity contribution < 1.29 is 14.3 Å². The van der Waals surface area contributed by atoms with Crippen molar-refractivity contribution in [2.45, 2.75) is 63.6 Å². The van der Waals surface area contributed by atoms with Gasteiger partial charge >= 0.3 is 5.97 Å². The zero-order valence-electron chi connectivity index (χ0n) is 11.7. The Morgan fingerprint density at radius 3 is 2.40 bits per heavy atom. The molecule has 0 amide bonds. The Kier molecular flexibility index (Phi) is 4.19. The Morgan fingerprint density at radius 1 is 1.05 bits per heavy atom. The Labute approximate surface area is 119 Å². The molecule has 4 nitrogen and oxygen atoms in total. The normalized spacial score (nSPS) is 20.2. The standard InChI is InChI=1S/C16H21NO3/c18-16(20-13-7-3-4-8-13)15-11-14(9-10-17-15)19-12-5-1-2-6-12/h9-13H,1-8H2. The van der Waals surface area contributed by atoms with Crippen LogP contribution in [0.5, 0.6) is 5.75 Å². The summed E-state index contributed by atoms with van der Waals surface area (Å²) in [6, 6.07) is 3.51. The third kappa shape index (κ3) is 3.30. The minimum atomic E-state index is -0.325. The molecule has 1 heterocycles. The molecule has 0 aromatic carbocycles. The van der Waals surface area contributed by atoms with Crippen LogP contribution >= 0.6 is 0 Å². The first kappa shape index (κ1) is 13.4. The number of esters is 1. The lowest BCUT2D eigenvalue weighted by Gasteiger charge is -2.14. The average Bonchev–Trinajstić information content (AvgIpc) is 3.12. The molecular formula is C16H21NO3. The van der Waals surface area contributed by atoms with Gasteiger partial charge in [-0.3, -0.25) is 0 Å². The Bertz CT molecular complexity index is 463. The fourth-order valence-corrected chi connectivity index (χ4v) is 3.01. The van der Waals surface area contributed by atoms with Gasteiger partial charge in [0, 0.05) is 12.3 Å². The molecule has 0 saturated heterocycles. The second-order valence-electron chi connectivity index (χ2n) is 5.71. The number of nitrogens with zero attached hydrogens (tertiary/aromatic N) is 1. The lowest BCUT2D eigenvalue weighted by molar-refractivity contribution is 0.0310. The molecule has 2 fully saturated rings. The highest BCUT2D eigenvalue weighted by atomic mass is 16.5. The van der Waals surface area contributed by atoms with Crippen LogP contribution < -0.4 is 4.74 Å². The lowest BCUT2D eigenvalue weighted by atomic mass is 10.3. The Morgan fingerprint density at radius 2 is 1.70 bits per heavy atom. The molecule has 0 atom stereocenters. The molecule has 2 aliphatic carbocycles. The summed E-state index contributed by atoms with van der Waals surface area (Å²) in [5.41, 5.74) is 0.354. The minimum absolute atomic E-state index is 0.0729. The highest BCUT2D eigenvalue weighted by Gasteiger charge is 2.22. The van der Waals surface area contributed by atoms with Crippen molar-refractivity contribution in [1.82, 2.24) is 4.98 Å². The first-order valence-corrected chi connectivity index (χ1v) is 7.65. The van der Waals surface area contributed by atoms with Gasteiger partial charge in [0.05, 0.1) is 6.10 Å². The maximum atomic E-state index is 12.0. The largest absolute Gasteiger partial charge is 0.490 e. The van der Waals surface area contributed by atoms with Crippen LogP contribution in [0.3, 0.4) is 0 Å². The van der Waals surface area contributed by atoms with Crippen LogP contribution in [-0.2, 0) is 4.74 Å². The fourth-order valence-electron chi connectivity index (χ4n) is 3.01. The molecule has 2 saturated carbocycles. The predicted octanol–water partition coefficient (Wildman–Crippen LogP) is 3.50. The van der Waals surface area contributed by atoms with Crippen LogP contribution in [0, 0.1) is 0 Å². The zero-order valence-corrected chi connectivity index (χ0v) is 11.7. The van der Waals surface area contributed by atoms with Crippen molar-refractivity contribution in [3.63, 3.8) is 0 Å². The van der Waals surface area contributed by atoms with E-state index in [1.165, 1.54) is 12.8 Å². The Hall–Kier alpha value is -1.58. The average molecular weight is 275 g/mol. The van der Waals surface area contributed by atoms with Crippen LogP contribution in [0.1, 0.15) is 61.9 Å². The summed E-state index contributed by atoms with van der Waals surface area (Å²) < 4.78 is 11.4. The summed E-state index contributed by atoms with van der Waals surface area (Å²) in [6.07, 6.45) is 10.9. The van der Waals surface area contributed by atoms with Crippen LogP contribution in [0.2, 0.25) is 0 Å². The Balaban J connectivity index is 1.61. The smallest absolute Gasteiger partial charge is 0.357 e. The summed E-state index contributed by atoms with van der Waals surface area (Å²) in [7, 11) is 0. The van der Waals surface area contributed by atoms with Crippen LogP contribution in [0.25, 0.3) is 0 Å².